The maximum Gasteiger partial charge on any atom is 0.0657 e. The molecule has 21 heavy (non-hydrogen) atoms. The Morgan fingerprint density at radius 3 is 2.10 bits per heavy atom. The smallest absolute Gasteiger partial charge is 0.0657 e. The Morgan fingerprint density at radius 1 is 0.810 bits per heavy atom. The number of aromatic nitrogens is 1. The molecule has 0 spiro atoms. The van der Waals surface area contributed by atoms with Crippen molar-refractivity contribution in [1.82, 2.24) is 4.98 Å². The monoisotopic (exact) mass is 285 g/mol. The third-order valence-corrected chi connectivity index (χ3v) is 6.60. The number of rotatable bonds is 1. The highest BCUT2D eigenvalue weighted by atomic mass is 16.3. The van der Waals surface area contributed by atoms with Crippen molar-refractivity contribution >= 4 is 0 Å². The second-order valence-electron chi connectivity index (χ2n) is 7.50. The maximum atomic E-state index is 11.1. The Labute approximate surface area is 128 Å². The molecule has 6 unspecified atom stereocenters. The van der Waals surface area contributed by atoms with Gasteiger partial charge < -0.3 is 5.11 Å². The number of aliphatic hydroxyl groups excluding tert-OH is 1. The molecule has 0 bridgehead atoms. The van der Waals surface area contributed by atoms with Crippen LogP contribution in [0.25, 0.3) is 0 Å². The van der Waals surface area contributed by atoms with Crippen molar-refractivity contribution in [2.75, 3.05) is 0 Å². The van der Waals surface area contributed by atoms with Gasteiger partial charge in [0.2, 0.25) is 0 Å². The molecule has 6 atom stereocenters. The molecule has 1 aromatic heterocycles. The molecule has 3 fully saturated rings. The molecule has 0 saturated heterocycles. The molecule has 3 aliphatic carbocycles. The van der Waals surface area contributed by atoms with Gasteiger partial charge in [0, 0.05) is 17.8 Å². The van der Waals surface area contributed by atoms with Crippen molar-refractivity contribution in [3.63, 3.8) is 0 Å². The van der Waals surface area contributed by atoms with E-state index in [1.54, 1.807) is 0 Å². The molecule has 3 aliphatic rings. The van der Waals surface area contributed by atoms with Gasteiger partial charge in [-0.2, -0.15) is 0 Å². The van der Waals surface area contributed by atoms with Crippen LogP contribution in [0.3, 0.4) is 0 Å². The lowest BCUT2D eigenvalue weighted by Crippen LogP contribution is -2.50. The first-order valence-electron chi connectivity index (χ1n) is 8.95. The summed E-state index contributed by atoms with van der Waals surface area (Å²) in [5, 5.41) is 11.1. The fraction of sp³-hybridized carbons (Fsp3) is 0.737. The van der Waals surface area contributed by atoms with Crippen molar-refractivity contribution in [1.29, 1.82) is 0 Å². The van der Waals surface area contributed by atoms with E-state index < -0.39 is 0 Å². The van der Waals surface area contributed by atoms with Crippen LogP contribution < -0.4 is 0 Å². The van der Waals surface area contributed by atoms with E-state index in [9.17, 15) is 5.11 Å². The summed E-state index contributed by atoms with van der Waals surface area (Å²) in [5.74, 6) is 3.13. The molecule has 4 rings (SSSR count). The van der Waals surface area contributed by atoms with Crippen LogP contribution in [0.1, 0.15) is 63.0 Å². The van der Waals surface area contributed by atoms with Crippen LogP contribution in [-0.2, 0) is 0 Å². The quantitative estimate of drug-likeness (QED) is 0.840. The molecule has 0 amide bonds. The molecule has 0 aliphatic heterocycles. The predicted molar refractivity (Wildman–Crippen MR) is 83.9 cm³/mol. The molecule has 1 aromatic rings. The fourth-order valence-electron chi connectivity index (χ4n) is 5.80. The second-order valence-corrected chi connectivity index (χ2v) is 7.50. The van der Waals surface area contributed by atoms with Crippen molar-refractivity contribution in [2.45, 2.75) is 63.4 Å². The minimum Gasteiger partial charge on any atom is -0.392 e. The van der Waals surface area contributed by atoms with Crippen LogP contribution >= 0.6 is 0 Å². The van der Waals surface area contributed by atoms with Crippen molar-refractivity contribution < 1.29 is 5.11 Å². The highest BCUT2D eigenvalue weighted by molar-refractivity contribution is 5.17. The van der Waals surface area contributed by atoms with Gasteiger partial charge >= 0.3 is 0 Å². The number of hydrogen-bond acceptors (Lipinski definition) is 2. The Hall–Kier alpha value is -0.890. The summed E-state index contributed by atoms with van der Waals surface area (Å²) < 4.78 is 0. The van der Waals surface area contributed by atoms with E-state index in [0.717, 1.165) is 17.5 Å². The third kappa shape index (κ3) is 2.32. The van der Waals surface area contributed by atoms with E-state index in [-0.39, 0.29) is 12.0 Å². The highest BCUT2D eigenvalue weighted by Crippen LogP contribution is 2.56. The summed E-state index contributed by atoms with van der Waals surface area (Å²) in [6.07, 6.45) is 12.4. The lowest BCUT2D eigenvalue weighted by Gasteiger charge is -2.54. The van der Waals surface area contributed by atoms with E-state index in [1.165, 1.54) is 51.4 Å². The molecular formula is C19H27NO. The average molecular weight is 285 g/mol. The molecule has 1 N–H and O–H groups in total. The fourth-order valence-corrected chi connectivity index (χ4v) is 5.80. The van der Waals surface area contributed by atoms with Gasteiger partial charge in [0.1, 0.15) is 0 Å². The van der Waals surface area contributed by atoms with Crippen LogP contribution in [0.4, 0.5) is 0 Å². The van der Waals surface area contributed by atoms with Crippen molar-refractivity contribution in [3.05, 3.63) is 30.1 Å². The molecule has 3 saturated carbocycles. The first-order valence-corrected chi connectivity index (χ1v) is 8.95. The van der Waals surface area contributed by atoms with E-state index in [1.807, 2.05) is 12.3 Å². The topological polar surface area (TPSA) is 33.1 Å². The number of aliphatic hydroxyl groups is 1. The van der Waals surface area contributed by atoms with Crippen LogP contribution in [0.5, 0.6) is 0 Å². The van der Waals surface area contributed by atoms with Gasteiger partial charge in [0.05, 0.1) is 6.10 Å². The summed E-state index contributed by atoms with van der Waals surface area (Å²) >= 11 is 0. The average Bonchev–Trinajstić information content (AvgIpc) is 2.56. The van der Waals surface area contributed by atoms with E-state index >= 15 is 0 Å². The minimum absolute atomic E-state index is 0.162. The van der Waals surface area contributed by atoms with Gasteiger partial charge in [-0.05, 0) is 61.5 Å². The summed E-state index contributed by atoms with van der Waals surface area (Å²) in [6, 6.07) is 6.21. The number of nitrogens with zero attached hydrogens (tertiary/aromatic N) is 1. The zero-order valence-electron chi connectivity index (χ0n) is 12.8. The van der Waals surface area contributed by atoms with Crippen LogP contribution in [0.2, 0.25) is 0 Å². The van der Waals surface area contributed by atoms with E-state index in [2.05, 4.69) is 17.1 Å². The first-order chi connectivity index (χ1) is 10.4. The Kier molecular flexibility index (Phi) is 3.74. The number of fused-ring (bicyclic) bond motifs is 3. The molecule has 0 radical (unpaired) electrons. The first kappa shape index (κ1) is 13.8. The van der Waals surface area contributed by atoms with Gasteiger partial charge in [-0.15, -0.1) is 0 Å². The standard InChI is InChI=1S/C19H27NO/c21-19-16-10-4-2-8-14(16)13-7-1-3-9-15(13)18(19)17-11-5-6-12-20-17/h5-6,11-16,18-19,21H,1-4,7-10H2. The van der Waals surface area contributed by atoms with Crippen molar-refractivity contribution in [2.24, 2.45) is 23.7 Å². The summed E-state index contributed by atoms with van der Waals surface area (Å²) in [4.78, 5) is 4.62. The molecule has 114 valence electrons. The van der Waals surface area contributed by atoms with Gasteiger partial charge in [-0.3, -0.25) is 4.98 Å². The normalized spacial score (nSPS) is 42.9. The lowest BCUT2D eigenvalue weighted by atomic mass is 9.53. The van der Waals surface area contributed by atoms with Crippen LogP contribution in [0, 0.1) is 23.7 Å². The Bertz CT molecular complexity index is 474. The second kappa shape index (κ2) is 5.72. The van der Waals surface area contributed by atoms with Gasteiger partial charge in [0.15, 0.2) is 0 Å². The molecule has 0 aromatic carbocycles. The summed E-state index contributed by atoms with van der Waals surface area (Å²) in [5.41, 5.74) is 1.14. The van der Waals surface area contributed by atoms with Crippen molar-refractivity contribution in [3.8, 4) is 0 Å². The third-order valence-electron chi connectivity index (χ3n) is 6.60. The Morgan fingerprint density at radius 2 is 1.43 bits per heavy atom. The molecular weight excluding hydrogens is 258 g/mol. The zero-order chi connectivity index (χ0) is 14.2. The predicted octanol–water partition coefficient (Wildman–Crippen LogP) is 4.15. The Balaban J connectivity index is 1.71. The number of hydrogen-bond donors (Lipinski definition) is 1. The van der Waals surface area contributed by atoms with Gasteiger partial charge in [-0.25, -0.2) is 0 Å². The minimum atomic E-state index is -0.162. The highest BCUT2D eigenvalue weighted by Gasteiger charge is 2.51. The summed E-state index contributed by atoms with van der Waals surface area (Å²) in [7, 11) is 0. The van der Waals surface area contributed by atoms with Crippen LogP contribution in [-0.4, -0.2) is 16.2 Å². The largest absolute Gasteiger partial charge is 0.392 e. The SMILES string of the molecule is OC1C2CCCCC2C2CCCCC2C1c1ccccn1. The number of pyridine rings is 1. The zero-order valence-corrected chi connectivity index (χ0v) is 12.8. The lowest BCUT2D eigenvalue weighted by molar-refractivity contribution is -0.0830. The molecule has 1 heterocycles. The maximum absolute atomic E-state index is 11.1. The van der Waals surface area contributed by atoms with Gasteiger partial charge in [0.25, 0.3) is 0 Å². The van der Waals surface area contributed by atoms with Crippen LogP contribution in [0.15, 0.2) is 24.4 Å². The van der Waals surface area contributed by atoms with E-state index in [4.69, 9.17) is 0 Å². The van der Waals surface area contributed by atoms with E-state index in [0.29, 0.717) is 11.8 Å². The summed E-state index contributed by atoms with van der Waals surface area (Å²) in [6.45, 7) is 0. The molecule has 2 heteroatoms. The molecule has 2 nitrogen and oxygen atoms in total. The van der Waals surface area contributed by atoms with Gasteiger partial charge in [-0.1, -0.05) is 31.7 Å².